The molecular weight excluding hydrogens is 500 g/mol. The summed E-state index contributed by atoms with van der Waals surface area (Å²) in [5.74, 6) is 0.453. The van der Waals surface area contributed by atoms with Gasteiger partial charge in [0.2, 0.25) is 0 Å². The van der Waals surface area contributed by atoms with E-state index in [0.717, 1.165) is 17.7 Å². The average Bonchev–Trinajstić information content (AvgIpc) is 2.68. The topological polar surface area (TPSA) is 74.8 Å². The summed E-state index contributed by atoms with van der Waals surface area (Å²) in [4.78, 5) is 15.2. The highest BCUT2D eigenvalue weighted by molar-refractivity contribution is 14.0. The molecule has 0 fully saturated rings. The summed E-state index contributed by atoms with van der Waals surface area (Å²) >= 11 is 0. The van der Waals surface area contributed by atoms with Crippen molar-refractivity contribution in [3.05, 3.63) is 65.2 Å². The van der Waals surface area contributed by atoms with Gasteiger partial charge in [-0.2, -0.15) is 13.2 Å². The molecule has 0 spiro atoms. The van der Waals surface area contributed by atoms with Crippen molar-refractivity contribution < 1.29 is 22.7 Å². The van der Waals surface area contributed by atoms with E-state index in [0.29, 0.717) is 23.8 Å². The minimum Gasteiger partial charge on any atom is -0.453 e. The first-order chi connectivity index (χ1) is 13.3. The molecule has 10 heteroatoms. The van der Waals surface area contributed by atoms with E-state index in [1.807, 2.05) is 12.1 Å². The molecule has 0 atom stereocenters. The van der Waals surface area contributed by atoms with Crippen molar-refractivity contribution in [3.8, 4) is 0 Å². The smallest absolute Gasteiger partial charge is 0.416 e. The molecule has 0 aliphatic rings. The molecule has 0 aromatic heterocycles. The fraction of sp³-hybridized carbons (Fsp3) is 0.263. The van der Waals surface area contributed by atoms with Gasteiger partial charge in [-0.25, -0.2) is 4.79 Å². The van der Waals surface area contributed by atoms with Crippen LogP contribution in [-0.2, 0) is 24.0 Å². The van der Waals surface area contributed by atoms with Gasteiger partial charge in [-0.05, 0) is 35.4 Å². The molecule has 0 aliphatic carbocycles. The van der Waals surface area contributed by atoms with Crippen LogP contribution in [0.5, 0.6) is 0 Å². The van der Waals surface area contributed by atoms with Crippen LogP contribution >= 0.6 is 24.0 Å². The van der Waals surface area contributed by atoms with Crippen LogP contribution in [0.3, 0.4) is 0 Å². The normalized spacial score (nSPS) is 11.3. The van der Waals surface area contributed by atoms with E-state index in [1.54, 1.807) is 25.2 Å². The Morgan fingerprint density at radius 1 is 1.03 bits per heavy atom. The zero-order chi connectivity index (χ0) is 20.6. The van der Waals surface area contributed by atoms with Crippen molar-refractivity contribution in [1.29, 1.82) is 0 Å². The number of nitrogens with zero attached hydrogens (tertiary/aromatic N) is 1. The van der Waals surface area contributed by atoms with Gasteiger partial charge >= 0.3 is 12.3 Å². The van der Waals surface area contributed by atoms with E-state index < -0.39 is 17.8 Å². The maximum atomic E-state index is 12.8. The molecule has 0 saturated carbocycles. The second-order valence-corrected chi connectivity index (χ2v) is 5.79. The van der Waals surface area contributed by atoms with Crippen LogP contribution in [0.2, 0.25) is 0 Å². The van der Waals surface area contributed by atoms with Crippen molar-refractivity contribution in [2.24, 2.45) is 4.99 Å². The van der Waals surface area contributed by atoms with Gasteiger partial charge in [0.1, 0.15) is 0 Å². The number of benzene rings is 2. The summed E-state index contributed by atoms with van der Waals surface area (Å²) in [7, 11) is 2.86. The number of rotatable bonds is 5. The third-order valence-electron chi connectivity index (χ3n) is 3.78. The number of anilines is 1. The lowest BCUT2D eigenvalue weighted by Gasteiger charge is -2.13. The maximum Gasteiger partial charge on any atom is 0.416 e. The SMILES string of the molecule is CN=C(NCc1ccc(NC(=O)OC)cc1)NCc1cccc(C(F)(F)F)c1.I. The highest BCUT2D eigenvalue weighted by atomic mass is 127. The third kappa shape index (κ3) is 8.18. The molecule has 0 aliphatic heterocycles. The van der Waals surface area contributed by atoms with Crippen LogP contribution in [0.4, 0.5) is 23.7 Å². The fourth-order valence-electron chi connectivity index (χ4n) is 2.32. The van der Waals surface area contributed by atoms with Gasteiger partial charge in [-0.1, -0.05) is 24.3 Å². The Bertz CT molecular complexity index is 827. The van der Waals surface area contributed by atoms with E-state index in [4.69, 9.17) is 0 Å². The molecule has 2 rings (SSSR count). The molecule has 6 nitrogen and oxygen atoms in total. The molecular formula is C19H22F3IN4O2. The summed E-state index contributed by atoms with van der Waals surface area (Å²) in [5, 5.41) is 8.61. The first-order valence-electron chi connectivity index (χ1n) is 8.36. The van der Waals surface area contributed by atoms with E-state index in [2.05, 4.69) is 25.7 Å². The molecule has 158 valence electrons. The Hall–Kier alpha value is -2.50. The van der Waals surface area contributed by atoms with E-state index in [9.17, 15) is 18.0 Å². The number of methoxy groups -OCH3 is 1. The van der Waals surface area contributed by atoms with Gasteiger partial charge in [0, 0.05) is 25.8 Å². The van der Waals surface area contributed by atoms with Gasteiger partial charge in [-0.3, -0.25) is 10.3 Å². The number of hydrogen-bond acceptors (Lipinski definition) is 3. The summed E-state index contributed by atoms with van der Waals surface area (Å²) in [6.07, 6.45) is -4.92. The van der Waals surface area contributed by atoms with Crippen molar-refractivity contribution in [2.45, 2.75) is 19.3 Å². The van der Waals surface area contributed by atoms with Crippen LogP contribution in [0.1, 0.15) is 16.7 Å². The summed E-state index contributed by atoms with van der Waals surface area (Å²) in [6.45, 7) is 0.645. The predicted molar refractivity (Wildman–Crippen MR) is 116 cm³/mol. The Labute approximate surface area is 184 Å². The Balaban J connectivity index is 0.00000420. The molecule has 0 bridgehead atoms. The number of aliphatic imine (C=N–C) groups is 1. The van der Waals surface area contributed by atoms with Crippen LogP contribution in [0.15, 0.2) is 53.5 Å². The quantitative estimate of drug-likeness (QED) is 0.310. The first kappa shape index (κ1) is 24.5. The van der Waals surface area contributed by atoms with E-state index in [-0.39, 0.29) is 30.5 Å². The molecule has 2 aromatic carbocycles. The molecule has 0 saturated heterocycles. The minimum atomic E-state index is -4.37. The Morgan fingerprint density at radius 2 is 1.66 bits per heavy atom. The number of carbonyl (C=O) groups excluding carboxylic acids is 1. The van der Waals surface area contributed by atoms with Crippen LogP contribution in [0.25, 0.3) is 0 Å². The van der Waals surface area contributed by atoms with Crippen LogP contribution < -0.4 is 16.0 Å². The van der Waals surface area contributed by atoms with Gasteiger partial charge in [0.15, 0.2) is 5.96 Å². The van der Waals surface area contributed by atoms with Gasteiger partial charge in [0.25, 0.3) is 0 Å². The van der Waals surface area contributed by atoms with Gasteiger partial charge in [0.05, 0.1) is 12.7 Å². The lowest BCUT2D eigenvalue weighted by atomic mass is 10.1. The van der Waals surface area contributed by atoms with Crippen LogP contribution in [-0.4, -0.2) is 26.2 Å². The molecule has 3 N–H and O–H groups in total. The largest absolute Gasteiger partial charge is 0.453 e. The summed E-state index contributed by atoms with van der Waals surface area (Å²) in [6, 6.07) is 12.2. The molecule has 29 heavy (non-hydrogen) atoms. The molecule has 0 unspecified atom stereocenters. The average molecular weight is 522 g/mol. The maximum absolute atomic E-state index is 12.8. The van der Waals surface area contributed by atoms with E-state index in [1.165, 1.54) is 13.2 Å². The number of halogens is 4. The number of guanidine groups is 1. The van der Waals surface area contributed by atoms with Crippen molar-refractivity contribution in [2.75, 3.05) is 19.5 Å². The van der Waals surface area contributed by atoms with Gasteiger partial charge in [-0.15, -0.1) is 24.0 Å². The highest BCUT2D eigenvalue weighted by Gasteiger charge is 2.30. The summed E-state index contributed by atoms with van der Waals surface area (Å²) < 4.78 is 42.8. The molecule has 0 radical (unpaired) electrons. The first-order valence-corrected chi connectivity index (χ1v) is 8.36. The number of alkyl halides is 3. The second-order valence-electron chi connectivity index (χ2n) is 5.79. The van der Waals surface area contributed by atoms with Crippen molar-refractivity contribution >= 4 is 41.7 Å². The van der Waals surface area contributed by atoms with Gasteiger partial charge < -0.3 is 15.4 Å². The van der Waals surface area contributed by atoms with Crippen molar-refractivity contribution in [3.63, 3.8) is 0 Å². The monoisotopic (exact) mass is 522 g/mol. The minimum absolute atomic E-state index is 0. The number of nitrogens with one attached hydrogen (secondary N) is 3. The number of carbonyl (C=O) groups is 1. The Kier molecular flexibility index (Phi) is 9.72. The lowest BCUT2D eigenvalue weighted by molar-refractivity contribution is -0.137. The number of hydrogen-bond donors (Lipinski definition) is 3. The lowest BCUT2D eigenvalue weighted by Crippen LogP contribution is -2.36. The molecule has 0 heterocycles. The number of ether oxygens (including phenoxy) is 1. The third-order valence-corrected chi connectivity index (χ3v) is 3.78. The predicted octanol–water partition coefficient (Wildman–Crippen LogP) is 4.37. The zero-order valence-corrected chi connectivity index (χ0v) is 18.2. The fourth-order valence-corrected chi connectivity index (χ4v) is 2.32. The van der Waals surface area contributed by atoms with Crippen LogP contribution in [0, 0.1) is 0 Å². The Morgan fingerprint density at radius 3 is 2.21 bits per heavy atom. The summed E-state index contributed by atoms with van der Waals surface area (Å²) in [5.41, 5.74) is 1.34. The number of amides is 1. The molecule has 2 aromatic rings. The molecule has 1 amide bonds. The second kappa shape index (κ2) is 11.5. The standard InChI is InChI=1S/C19H21F3N4O2.HI/c1-23-17(25-12-14-4-3-5-15(10-14)19(20,21)22)24-11-13-6-8-16(9-7-13)26-18(27)28-2;/h3-10H,11-12H2,1-2H3,(H,26,27)(H2,23,24,25);1H. The highest BCUT2D eigenvalue weighted by Crippen LogP contribution is 2.29. The zero-order valence-electron chi connectivity index (χ0n) is 15.8. The van der Waals surface area contributed by atoms with Crippen molar-refractivity contribution in [1.82, 2.24) is 10.6 Å². The van der Waals surface area contributed by atoms with E-state index >= 15 is 0 Å².